The monoisotopic (exact) mass is 370 g/mol. The number of anilines is 1. The van der Waals surface area contributed by atoms with E-state index in [1.807, 2.05) is 6.07 Å². The standard InChI is InChI=1S/C19H22N4O4/c1-26-18(24)14-4-6-15(7-5-14)22-19(25)23-10-9-21-11-16(23)13-27-17-3-2-8-20-12-17/h2-8,12,16,21H,9-11,13H2,1H3,(H,22,25). The first-order valence-corrected chi connectivity index (χ1v) is 8.67. The summed E-state index contributed by atoms with van der Waals surface area (Å²) in [6.07, 6.45) is 3.32. The molecule has 1 atom stereocenters. The Morgan fingerprint density at radius 1 is 1.30 bits per heavy atom. The average Bonchev–Trinajstić information content (AvgIpc) is 2.73. The van der Waals surface area contributed by atoms with Gasteiger partial charge in [-0.3, -0.25) is 4.98 Å². The van der Waals surface area contributed by atoms with E-state index in [-0.39, 0.29) is 12.1 Å². The Morgan fingerprint density at radius 2 is 2.11 bits per heavy atom. The van der Waals surface area contributed by atoms with Crippen LogP contribution in [0.5, 0.6) is 5.75 Å². The van der Waals surface area contributed by atoms with Crippen LogP contribution in [0.1, 0.15) is 10.4 Å². The molecule has 1 aliphatic rings. The van der Waals surface area contributed by atoms with Crippen LogP contribution in [0.4, 0.5) is 10.5 Å². The highest BCUT2D eigenvalue weighted by atomic mass is 16.5. The summed E-state index contributed by atoms with van der Waals surface area (Å²) in [6, 6.07) is 9.90. The van der Waals surface area contributed by atoms with Gasteiger partial charge in [0.1, 0.15) is 12.4 Å². The molecule has 0 aliphatic carbocycles. The van der Waals surface area contributed by atoms with Crippen molar-refractivity contribution in [2.75, 3.05) is 38.7 Å². The number of aromatic nitrogens is 1. The van der Waals surface area contributed by atoms with Crippen LogP contribution < -0.4 is 15.4 Å². The molecule has 27 heavy (non-hydrogen) atoms. The van der Waals surface area contributed by atoms with E-state index in [9.17, 15) is 9.59 Å². The fraction of sp³-hybridized carbons (Fsp3) is 0.316. The lowest BCUT2D eigenvalue weighted by Gasteiger charge is -2.35. The molecule has 2 heterocycles. The second kappa shape index (κ2) is 9.00. The molecule has 0 radical (unpaired) electrons. The molecule has 1 saturated heterocycles. The summed E-state index contributed by atoms with van der Waals surface area (Å²) in [5.74, 6) is 0.254. The minimum absolute atomic E-state index is 0.103. The van der Waals surface area contributed by atoms with Crippen LogP contribution in [0.25, 0.3) is 0 Å². The summed E-state index contributed by atoms with van der Waals surface area (Å²) in [6.45, 7) is 2.31. The number of benzene rings is 1. The Bertz CT molecular complexity index is 767. The van der Waals surface area contributed by atoms with Crippen molar-refractivity contribution in [1.29, 1.82) is 0 Å². The molecule has 1 fully saturated rings. The van der Waals surface area contributed by atoms with E-state index in [1.165, 1.54) is 7.11 Å². The van der Waals surface area contributed by atoms with Gasteiger partial charge in [-0.1, -0.05) is 0 Å². The van der Waals surface area contributed by atoms with Gasteiger partial charge in [0.2, 0.25) is 0 Å². The van der Waals surface area contributed by atoms with E-state index in [0.29, 0.717) is 36.7 Å². The van der Waals surface area contributed by atoms with Crippen molar-refractivity contribution >= 4 is 17.7 Å². The fourth-order valence-electron chi connectivity index (χ4n) is 2.80. The van der Waals surface area contributed by atoms with Gasteiger partial charge in [-0.2, -0.15) is 0 Å². The summed E-state index contributed by atoms with van der Waals surface area (Å²) in [5, 5.41) is 6.14. The Kier molecular flexibility index (Phi) is 6.22. The number of amides is 2. The topological polar surface area (TPSA) is 92.8 Å². The number of pyridine rings is 1. The highest BCUT2D eigenvalue weighted by molar-refractivity contribution is 5.92. The maximum absolute atomic E-state index is 12.7. The van der Waals surface area contributed by atoms with E-state index >= 15 is 0 Å². The van der Waals surface area contributed by atoms with Crippen LogP contribution in [-0.4, -0.2) is 61.3 Å². The third-order valence-corrected chi connectivity index (χ3v) is 4.25. The van der Waals surface area contributed by atoms with E-state index < -0.39 is 5.97 Å². The first-order chi connectivity index (χ1) is 13.2. The Balaban J connectivity index is 1.60. The molecule has 0 bridgehead atoms. The molecule has 8 heteroatoms. The SMILES string of the molecule is COC(=O)c1ccc(NC(=O)N2CCNCC2COc2cccnc2)cc1. The number of methoxy groups -OCH3 is 1. The molecular weight excluding hydrogens is 348 g/mol. The fourth-order valence-corrected chi connectivity index (χ4v) is 2.80. The number of ether oxygens (including phenoxy) is 2. The first kappa shape index (κ1) is 18.7. The van der Waals surface area contributed by atoms with Crippen molar-refractivity contribution < 1.29 is 19.1 Å². The lowest BCUT2D eigenvalue weighted by atomic mass is 10.2. The number of hydrogen-bond donors (Lipinski definition) is 2. The molecule has 1 unspecified atom stereocenters. The maximum Gasteiger partial charge on any atom is 0.337 e. The molecule has 2 aromatic rings. The van der Waals surface area contributed by atoms with E-state index in [4.69, 9.17) is 4.74 Å². The predicted molar refractivity (Wildman–Crippen MR) is 99.9 cm³/mol. The van der Waals surface area contributed by atoms with E-state index in [1.54, 1.807) is 47.6 Å². The van der Waals surface area contributed by atoms with Crippen LogP contribution in [0, 0.1) is 0 Å². The molecule has 0 spiro atoms. The number of hydrogen-bond acceptors (Lipinski definition) is 6. The van der Waals surface area contributed by atoms with Gasteiger partial charge in [0, 0.05) is 31.5 Å². The van der Waals surface area contributed by atoms with Gasteiger partial charge in [0.15, 0.2) is 0 Å². The maximum atomic E-state index is 12.7. The molecule has 1 aromatic heterocycles. The quantitative estimate of drug-likeness (QED) is 0.779. The van der Waals surface area contributed by atoms with Gasteiger partial charge < -0.3 is 25.0 Å². The number of carbonyl (C=O) groups excluding carboxylic acids is 2. The molecule has 0 saturated carbocycles. The second-order valence-corrected chi connectivity index (χ2v) is 6.05. The Hall–Kier alpha value is -3.13. The molecule has 142 valence electrons. The highest BCUT2D eigenvalue weighted by Gasteiger charge is 2.27. The van der Waals surface area contributed by atoms with Crippen LogP contribution in [0.15, 0.2) is 48.8 Å². The van der Waals surface area contributed by atoms with Gasteiger partial charge in [-0.15, -0.1) is 0 Å². The zero-order valence-electron chi connectivity index (χ0n) is 15.1. The Morgan fingerprint density at radius 3 is 2.81 bits per heavy atom. The summed E-state index contributed by atoms with van der Waals surface area (Å²) >= 11 is 0. The molecule has 1 aromatic carbocycles. The third-order valence-electron chi connectivity index (χ3n) is 4.25. The number of rotatable bonds is 5. The van der Waals surface area contributed by atoms with Gasteiger partial charge in [-0.25, -0.2) is 9.59 Å². The molecule has 3 rings (SSSR count). The summed E-state index contributed by atoms with van der Waals surface area (Å²) in [7, 11) is 1.33. The lowest BCUT2D eigenvalue weighted by Crippen LogP contribution is -2.57. The summed E-state index contributed by atoms with van der Waals surface area (Å²) < 4.78 is 10.4. The molecule has 1 aliphatic heterocycles. The van der Waals surface area contributed by atoms with Crippen LogP contribution in [0.3, 0.4) is 0 Å². The van der Waals surface area contributed by atoms with Crippen molar-refractivity contribution in [3.8, 4) is 5.75 Å². The van der Waals surface area contributed by atoms with Crippen molar-refractivity contribution in [2.24, 2.45) is 0 Å². The zero-order valence-corrected chi connectivity index (χ0v) is 15.1. The summed E-state index contributed by atoms with van der Waals surface area (Å²) in [5.41, 5.74) is 1.04. The summed E-state index contributed by atoms with van der Waals surface area (Å²) in [4.78, 5) is 29.9. The number of esters is 1. The van der Waals surface area contributed by atoms with E-state index in [2.05, 4.69) is 20.4 Å². The van der Waals surface area contributed by atoms with Crippen LogP contribution in [-0.2, 0) is 4.74 Å². The number of nitrogens with one attached hydrogen (secondary N) is 2. The number of urea groups is 1. The van der Waals surface area contributed by atoms with Crippen molar-refractivity contribution in [3.63, 3.8) is 0 Å². The average molecular weight is 370 g/mol. The third kappa shape index (κ3) is 4.95. The largest absolute Gasteiger partial charge is 0.490 e. The molecule has 8 nitrogen and oxygen atoms in total. The van der Waals surface area contributed by atoms with Gasteiger partial charge in [0.25, 0.3) is 0 Å². The Labute approximate surface area is 157 Å². The van der Waals surface area contributed by atoms with Gasteiger partial charge >= 0.3 is 12.0 Å². The van der Waals surface area contributed by atoms with Crippen LogP contribution in [0.2, 0.25) is 0 Å². The smallest absolute Gasteiger partial charge is 0.337 e. The predicted octanol–water partition coefficient (Wildman–Crippen LogP) is 1.75. The minimum atomic E-state index is -0.414. The van der Waals surface area contributed by atoms with Gasteiger partial charge in [0.05, 0.1) is 24.9 Å². The lowest BCUT2D eigenvalue weighted by molar-refractivity contribution is 0.0600. The highest BCUT2D eigenvalue weighted by Crippen LogP contribution is 2.14. The number of nitrogens with zero attached hydrogens (tertiary/aromatic N) is 2. The number of piperazine rings is 1. The molecular formula is C19H22N4O4. The zero-order chi connectivity index (χ0) is 19.1. The van der Waals surface area contributed by atoms with Gasteiger partial charge in [-0.05, 0) is 36.4 Å². The minimum Gasteiger partial charge on any atom is -0.490 e. The van der Waals surface area contributed by atoms with Crippen molar-refractivity contribution in [1.82, 2.24) is 15.2 Å². The molecule has 2 amide bonds. The normalized spacial score (nSPS) is 16.5. The number of carbonyl (C=O) groups is 2. The van der Waals surface area contributed by atoms with E-state index in [0.717, 1.165) is 6.54 Å². The molecule has 2 N–H and O–H groups in total. The van der Waals surface area contributed by atoms with Crippen molar-refractivity contribution in [2.45, 2.75) is 6.04 Å². The first-order valence-electron chi connectivity index (χ1n) is 8.67. The van der Waals surface area contributed by atoms with Crippen LogP contribution >= 0.6 is 0 Å². The van der Waals surface area contributed by atoms with Crippen molar-refractivity contribution in [3.05, 3.63) is 54.4 Å². The second-order valence-electron chi connectivity index (χ2n) is 6.05.